The van der Waals surface area contributed by atoms with Gasteiger partial charge >= 0.3 is 5.97 Å². The molecular formula is C15H19N3O5. The Morgan fingerprint density at radius 1 is 1.00 bits per heavy atom. The van der Waals surface area contributed by atoms with E-state index in [9.17, 15) is 19.2 Å². The van der Waals surface area contributed by atoms with Crippen LogP contribution in [0.4, 0.5) is 0 Å². The van der Waals surface area contributed by atoms with Gasteiger partial charge in [0.1, 0.15) is 6.04 Å². The number of nitrogens with one attached hydrogen (secondary N) is 3. The summed E-state index contributed by atoms with van der Waals surface area (Å²) >= 11 is 0. The fraction of sp³-hybridized carbons (Fsp3) is 0.333. The van der Waals surface area contributed by atoms with Gasteiger partial charge in [-0.05, 0) is 5.56 Å². The first-order valence-corrected chi connectivity index (χ1v) is 6.95. The van der Waals surface area contributed by atoms with E-state index in [1.54, 1.807) is 24.3 Å². The van der Waals surface area contributed by atoms with E-state index >= 15 is 0 Å². The number of carbonyl (C=O) groups excluding carboxylic acids is 3. The van der Waals surface area contributed by atoms with Gasteiger partial charge < -0.3 is 21.1 Å². The van der Waals surface area contributed by atoms with Crippen LogP contribution in [0.5, 0.6) is 0 Å². The van der Waals surface area contributed by atoms with Crippen molar-refractivity contribution in [2.75, 3.05) is 13.1 Å². The summed E-state index contributed by atoms with van der Waals surface area (Å²) in [5.41, 5.74) is 0.773. The van der Waals surface area contributed by atoms with E-state index in [4.69, 9.17) is 5.11 Å². The largest absolute Gasteiger partial charge is 0.480 e. The number of hydrogen-bond acceptors (Lipinski definition) is 4. The minimum Gasteiger partial charge on any atom is -0.480 e. The second-order valence-electron chi connectivity index (χ2n) is 4.83. The standard InChI is InChI=1S/C15H19N3O5/c1-10(19)16-8-13(20)17-9-14(21)18-12(15(22)23)7-11-5-3-2-4-6-11/h2-6,12H,7-9H2,1H3,(H,16,19)(H,17,20)(H,18,21)(H,22,23). The fourth-order valence-corrected chi connectivity index (χ4v) is 1.74. The SMILES string of the molecule is CC(=O)NCC(=O)NCC(=O)NC(Cc1ccccc1)C(=O)O. The Balaban J connectivity index is 2.44. The van der Waals surface area contributed by atoms with Crippen LogP contribution in [0.15, 0.2) is 30.3 Å². The highest BCUT2D eigenvalue weighted by Crippen LogP contribution is 2.03. The molecule has 0 aliphatic heterocycles. The van der Waals surface area contributed by atoms with E-state index < -0.39 is 23.8 Å². The zero-order valence-corrected chi connectivity index (χ0v) is 12.7. The van der Waals surface area contributed by atoms with Crippen molar-refractivity contribution in [1.29, 1.82) is 0 Å². The third-order valence-electron chi connectivity index (χ3n) is 2.86. The number of amides is 3. The molecule has 0 spiro atoms. The van der Waals surface area contributed by atoms with Gasteiger partial charge in [-0.1, -0.05) is 30.3 Å². The van der Waals surface area contributed by atoms with Crippen molar-refractivity contribution in [3.8, 4) is 0 Å². The van der Waals surface area contributed by atoms with E-state index in [2.05, 4.69) is 16.0 Å². The Kier molecular flexibility index (Phi) is 7.25. The predicted octanol–water partition coefficient (Wildman–Crippen LogP) is -0.949. The fourth-order valence-electron chi connectivity index (χ4n) is 1.74. The van der Waals surface area contributed by atoms with Crippen molar-refractivity contribution in [1.82, 2.24) is 16.0 Å². The number of rotatable bonds is 8. The minimum absolute atomic E-state index is 0.141. The number of carboxylic acid groups (broad SMARTS) is 1. The van der Waals surface area contributed by atoms with Crippen LogP contribution in [-0.2, 0) is 25.6 Å². The van der Waals surface area contributed by atoms with Crippen LogP contribution in [0, 0.1) is 0 Å². The number of aliphatic carboxylic acids is 1. The maximum absolute atomic E-state index is 11.7. The van der Waals surface area contributed by atoms with Crippen LogP contribution in [0.25, 0.3) is 0 Å². The number of carbonyl (C=O) groups is 4. The summed E-state index contributed by atoms with van der Waals surface area (Å²) in [4.78, 5) is 44.9. The van der Waals surface area contributed by atoms with Crippen molar-refractivity contribution in [3.05, 3.63) is 35.9 Å². The lowest BCUT2D eigenvalue weighted by Crippen LogP contribution is -2.47. The zero-order chi connectivity index (χ0) is 17.2. The Morgan fingerprint density at radius 2 is 1.61 bits per heavy atom. The number of carboxylic acids is 1. The van der Waals surface area contributed by atoms with Crippen molar-refractivity contribution in [2.24, 2.45) is 0 Å². The summed E-state index contributed by atoms with van der Waals surface area (Å²) in [5.74, 6) is -2.68. The molecule has 0 aliphatic carbocycles. The number of benzene rings is 1. The molecule has 1 aromatic carbocycles. The molecule has 1 atom stereocenters. The summed E-state index contributed by atoms with van der Waals surface area (Å²) < 4.78 is 0. The van der Waals surface area contributed by atoms with Crippen molar-refractivity contribution in [2.45, 2.75) is 19.4 Å². The van der Waals surface area contributed by atoms with Gasteiger partial charge in [0.15, 0.2) is 0 Å². The third-order valence-corrected chi connectivity index (χ3v) is 2.86. The van der Waals surface area contributed by atoms with Gasteiger partial charge in [-0.2, -0.15) is 0 Å². The lowest BCUT2D eigenvalue weighted by molar-refractivity contribution is -0.141. The van der Waals surface area contributed by atoms with Gasteiger partial charge in [0, 0.05) is 13.3 Å². The first kappa shape index (κ1) is 18.1. The van der Waals surface area contributed by atoms with Gasteiger partial charge in [0.2, 0.25) is 17.7 Å². The Labute approximate surface area is 133 Å². The van der Waals surface area contributed by atoms with Gasteiger partial charge in [-0.25, -0.2) is 4.79 Å². The molecule has 0 aliphatic rings. The molecule has 8 nitrogen and oxygen atoms in total. The molecule has 0 fully saturated rings. The molecule has 8 heteroatoms. The maximum Gasteiger partial charge on any atom is 0.326 e. The summed E-state index contributed by atoms with van der Waals surface area (Å²) in [6, 6.07) is 7.80. The highest BCUT2D eigenvalue weighted by molar-refractivity contribution is 5.89. The zero-order valence-electron chi connectivity index (χ0n) is 12.7. The first-order chi connectivity index (χ1) is 10.9. The molecule has 1 rings (SSSR count). The molecule has 0 aromatic heterocycles. The minimum atomic E-state index is -1.16. The number of hydrogen-bond donors (Lipinski definition) is 4. The molecule has 1 unspecified atom stereocenters. The van der Waals surface area contributed by atoms with Gasteiger partial charge in [0.25, 0.3) is 0 Å². The van der Waals surface area contributed by atoms with Crippen LogP contribution in [0.2, 0.25) is 0 Å². The normalized spacial score (nSPS) is 11.2. The van der Waals surface area contributed by atoms with Crippen LogP contribution in [0.1, 0.15) is 12.5 Å². The van der Waals surface area contributed by atoms with Crippen LogP contribution >= 0.6 is 0 Å². The second kappa shape index (κ2) is 9.19. The Bertz CT molecular complexity index is 574. The Hall–Kier alpha value is -2.90. The molecule has 0 saturated heterocycles. The molecule has 3 amide bonds. The quantitative estimate of drug-likeness (QED) is 0.491. The highest BCUT2D eigenvalue weighted by atomic mass is 16.4. The van der Waals surface area contributed by atoms with Gasteiger partial charge in [-0.3, -0.25) is 14.4 Å². The van der Waals surface area contributed by atoms with E-state index in [1.807, 2.05) is 6.07 Å². The van der Waals surface area contributed by atoms with E-state index in [1.165, 1.54) is 6.92 Å². The molecule has 0 bridgehead atoms. The summed E-state index contributed by atoms with van der Waals surface area (Å²) in [7, 11) is 0. The van der Waals surface area contributed by atoms with Gasteiger partial charge in [-0.15, -0.1) is 0 Å². The lowest BCUT2D eigenvalue weighted by atomic mass is 10.1. The van der Waals surface area contributed by atoms with Crippen molar-refractivity contribution >= 4 is 23.7 Å². The molecular weight excluding hydrogens is 302 g/mol. The monoisotopic (exact) mass is 321 g/mol. The molecule has 124 valence electrons. The summed E-state index contributed by atoms with van der Waals surface area (Å²) in [5, 5.41) is 16.1. The van der Waals surface area contributed by atoms with Crippen LogP contribution in [0.3, 0.4) is 0 Å². The van der Waals surface area contributed by atoms with Crippen LogP contribution < -0.4 is 16.0 Å². The first-order valence-electron chi connectivity index (χ1n) is 6.95. The molecule has 0 heterocycles. The van der Waals surface area contributed by atoms with Crippen molar-refractivity contribution in [3.63, 3.8) is 0 Å². The second-order valence-corrected chi connectivity index (χ2v) is 4.83. The highest BCUT2D eigenvalue weighted by Gasteiger charge is 2.20. The topological polar surface area (TPSA) is 125 Å². The molecule has 4 N–H and O–H groups in total. The van der Waals surface area contributed by atoms with E-state index in [0.29, 0.717) is 0 Å². The van der Waals surface area contributed by atoms with Gasteiger partial charge in [0.05, 0.1) is 13.1 Å². The lowest BCUT2D eigenvalue weighted by Gasteiger charge is -2.15. The summed E-state index contributed by atoms with van der Waals surface area (Å²) in [6.07, 6.45) is 0.141. The van der Waals surface area contributed by atoms with E-state index in [-0.39, 0.29) is 25.4 Å². The molecule has 1 aromatic rings. The molecule has 0 saturated carbocycles. The average Bonchev–Trinajstić information content (AvgIpc) is 2.51. The Morgan fingerprint density at radius 3 is 2.17 bits per heavy atom. The maximum atomic E-state index is 11.7. The van der Waals surface area contributed by atoms with E-state index in [0.717, 1.165) is 5.56 Å². The molecule has 23 heavy (non-hydrogen) atoms. The smallest absolute Gasteiger partial charge is 0.326 e. The average molecular weight is 321 g/mol. The predicted molar refractivity (Wildman–Crippen MR) is 81.4 cm³/mol. The van der Waals surface area contributed by atoms with Crippen molar-refractivity contribution < 1.29 is 24.3 Å². The molecule has 0 radical (unpaired) electrons. The summed E-state index contributed by atoms with van der Waals surface area (Å²) in [6.45, 7) is 0.660. The third kappa shape index (κ3) is 7.60. The van der Waals surface area contributed by atoms with Crippen LogP contribution in [-0.4, -0.2) is 47.9 Å².